The topological polar surface area (TPSA) is 62.1 Å². The summed E-state index contributed by atoms with van der Waals surface area (Å²) in [5, 5.41) is 0.844. The van der Waals surface area contributed by atoms with Crippen molar-refractivity contribution in [3.8, 4) is 17.2 Å². The molecule has 1 amide bonds. The molecule has 1 aliphatic heterocycles. The van der Waals surface area contributed by atoms with Crippen LogP contribution >= 0.6 is 34.5 Å². The molecule has 0 saturated carbocycles. The lowest BCUT2D eigenvalue weighted by atomic mass is 10.3. The Labute approximate surface area is 174 Å². The number of nitrogens with zero attached hydrogens (tertiary/aromatic N) is 2. The second-order valence-electron chi connectivity index (χ2n) is 6.08. The van der Waals surface area contributed by atoms with Gasteiger partial charge in [-0.2, -0.15) is 4.99 Å². The molecule has 6 nitrogen and oxygen atoms in total. The van der Waals surface area contributed by atoms with E-state index in [0.29, 0.717) is 32.1 Å². The van der Waals surface area contributed by atoms with Gasteiger partial charge in [0.2, 0.25) is 6.79 Å². The molecule has 0 fully saturated rings. The molecule has 0 N–H and O–H groups in total. The lowest BCUT2D eigenvalue weighted by molar-refractivity contribution is -0.120. The monoisotopic (exact) mass is 438 g/mol. The van der Waals surface area contributed by atoms with Gasteiger partial charge in [-0.15, -0.1) is 0 Å². The van der Waals surface area contributed by atoms with E-state index in [9.17, 15) is 4.79 Å². The Morgan fingerprint density at radius 1 is 1.25 bits per heavy atom. The predicted molar refractivity (Wildman–Crippen MR) is 109 cm³/mol. The number of aromatic nitrogens is 1. The smallest absolute Gasteiger partial charge is 0.286 e. The molecule has 0 radical (unpaired) electrons. The van der Waals surface area contributed by atoms with E-state index >= 15 is 0 Å². The highest BCUT2D eigenvalue weighted by atomic mass is 35.5. The van der Waals surface area contributed by atoms with Gasteiger partial charge in [-0.05, 0) is 24.6 Å². The average molecular weight is 439 g/mol. The molecule has 0 saturated heterocycles. The van der Waals surface area contributed by atoms with Crippen LogP contribution in [0.4, 0.5) is 0 Å². The van der Waals surface area contributed by atoms with Crippen LogP contribution in [0.1, 0.15) is 13.3 Å². The first-order valence-corrected chi connectivity index (χ1v) is 10.2. The predicted octanol–water partition coefficient (Wildman–Crippen LogP) is 4.65. The molecular formula is C19H16Cl2N2O4S. The zero-order valence-electron chi connectivity index (χ0n) is 14.9. The summed E-state index contributed by atoms with van der Waals surface area (Å²) >= 11 is 13.4. The second kappa shape index (κ2) is 8.03. The van der Waals surface area contributed by atoms with Crippen LogP contribution in [0.2, 0.25) is 10.0 Å². The Morgan fingerprint density at radius 3 is 2.79 bits per heavy atom. The number of thiazole rings is 1. The van der Waals surface area contributed by atoms with E-state index in [1.54, 1.807) is 18.2 Å². The van der Waals surface area contributed by atoms with Gasteiger partial charge >= 0.3 is 0 Å². The van der Waals surface area contributed by atoms with Gasteiger partial charge in [0, 0.05) is 23.7 Å². The number of aryl methyl sites for hydroxylation is 1. The van der Waals surface area contributed by atoms with E-state index in [0.717, 1.165) is 23.2 Å². The van der Waals surface area contributed by atoms with Crippen molar-refractivity contribution >= 4 is 50.7 Å². The maximum Gasteiger partial charge on any atom is 0.286 e. The van der Waals surface area contributed by atoms with Crippen molar-refractivity contribution in [2.24, 2.45) is 4.99 Å². The molecule has 28 heavy (non-hydrogen) atoms. The number of ether oxygens (including phenoxy) is 3. The van der Waals surface area contributed by atoms with Crippen molar-refractivity contribution in [1.29, 1.82) is 0 Å². The van der Waals surface area contributed by atoms with Gasteiger partial charge in [-0.25, -0.2) is 0 Å². The molecular weight excluding hydrogens is 423 g/mol. The van der Waals surface area contributed by atoms with E-state index in [1.807, 2.05) is 16.7 Å². The summed E-state index contributed by atoms with van der Waals surface area (Å²) in [6.07, 6.45) is 0.901. The minimum atomic E-state index is -0.400. The van der Waals surface area contributed by atoms with E-state index in [4.69, 9.17) is 37.4 Å². The van der Waals surface area contributed by atoms with Crippen LogP contribution in [0.3, 0.4) is 0 Å². The lowest BCUT2D eigenvalue weighted by Gasteiger charge is -2.06. The Balaban J connectivity index is 1.62. The fraction of sp³-hybridized carbons (Fsp3) is 0.263. The highest BCUT2D eigenvalue weighted by Crippen LogP contribution is 2.37. The number of carbonyl (C=O) groups is 1. The third-order valence-corrected chi connectivity index (χ3v) is 5.66. The Morgan fingerprint density at radius 2 is 2.04 bits per heavy atom. The van der Waals surface area contributed by atoms with Crippen LogP contribution in [-0.4, -0.2) is 23.9 Å². The molecule has 0 unspecified atom stereocenters. The molecule has 1 aliphatic rings. The summed E-state index contributed by atoms with van der Waals surface area (Å²) in [5.74, 6) is 1.39. The summed E-state index contributed by atoms with van der Waals surface area (Å²) in [7, 11) is 0. The van der Waals surface area contributed by atoms with Crippen LogP contribution in [-0.2, 0) is 11.3 Å². The first-order chi connectivity index (χ1) is 13.5. The van der Waals surface area contributed by atoms with Crippen molar-refractivity contribution in [3.63, 3.8) is 0 Å². The quantitative estimate of drug-likeness (QED) is 0.581. The van der Waals surface area contributed by atoms with Crippen molar-refractivity contribution in [1.82, 2.24) is 4.57 Å². The SMILES string of the molecule is CCCn1c(=NC(=O)COc2ccc(Cl)cc2Cl)sc2cc3c(cc21)OCO3. The molecule has 0 atom stereocenters. The molecule has 2 heterocycles. The van der Waals surface area contributed by atoms with Crippen molar-refractivity contribution in [2.75, 3.05) is 13.4 Å². The van der Waals surface area contributed by atoms with Gasteiger partial charge in [0.05, 0.1) is 15.2 Å². The van der Waals surface area contributed by atoms with Gasteiger partial charge in [-0.3, -0.25) is 4.79 Å². The van der Waals surface area contributed by atoms with Gasteiger partial charge < -0.3 is 18.8 Å². The van der Waals surface area contributed by atoms with Crippen LogP contribution in [0.25, 0.3) is 10.2 Å². The number of hydrogen-bond donors (Lipinski definition) is 0. The number of amides is 1. The van der Waals surface area contributed by atoms with E-state index < -0.39 is 5.91 Å². The number of rotatable bonds is 5. The number of benzene rings is 2. The molecule has 146 valence electrons. The summed E-state index contributed by atoms with van der Waals surface area (Å²) in [6, 6.07) is 8.68. The Hall–Kier alpha value is -2.22. The Bertz CT molecular complexity index is 1120. The van der Waals surface area contributed by atoms with Gasteiger partial charge in [0.1, 0.15) is 5.75 Å². The van der Waals surface area contributed by atoms with Crippen molar-refractivity contribution < 1.29 is 19.0 Å². The highest BCUT2D eigenvalue weighted by Gasteiger charge is 2.18. The second-order valence-corrected chi connectivity index (χ2v) is 7.93. The van der Waals surface area contributed by atoms with Gasteiger partial charge in [0.25, 0.3) is 5.91 Å². The van der Waals surface area contributed by atoms with Crippen LogP contribution < -0.4 is 19.0 Å². The number of carbonyl (C=O) groups excluding carboxylic acids is 1. The van der Waals surface area contributed by atoms with E-state index in [1.165, 1.54) is 11.3 Å². The van der Waals surface area contributed by atoms with Crippen molar-refractivity contribution in [3.05, 3.63) is 45.2 Å². The molecule has 0 aliphatic carbocycles. The fourth-order valence-electron chi connectivity index (χ4n) is 2.86. The van der Waals surface area contributed by atoms with Gasteiger partial charge in [-0.1, -0.05) is 41.5 Å². The van der Waals surface area contributed by atoms with Crippen LogP contribution in [0.5, 0.6) is 17.2 Å². The summed E-state index contributed by atoms with van der Waals surface area (Å²) < 4.78 is 19.4. The molecule has 3 aromatic rings. The fourth-order valence-corrected chi connectivity index (χ4v) is 4.40. The third-order valence-electron chi connectivity index (χ3n) is 4.09. The zero-order valence-corrected chi connectivity index (χ0v) is 17.2. The molecule has 0 spiro atoms. The van der Waals surface area contributed by atoms with Crippen LogP contribution in [0, 0.1) is 0 Å². The minimum absolute atomic E-state index is 0.218. The molecule has 4 rings (SSSR count). The third kappa shape index (κ3) is 3.83. The molecule has 2 aromatic carbocycles. The standard InChI is InChI=1S/C19H16Cl2N2O4S/c1-2-5-23-13-7-15-16(27-10-26-15)8-17(13)28-19(23)22-18(24)9-25-14-4-3-11(20)6-12(14)21/h3-4,6-8H,2,5,9-10H2,1H3. The number of hydrogen-bond acceptors (Lipinski definition) is 5. The average Bonchev–Trinajstić information content (AvgIpc) is 3.24. The largest absolute Gasteiger partial charge is 0.482 e. The van der Waals surface area contributed by atoms with E-state index in [-0.39, 0.29) is 13.4 Å². The van der Waals surface area contributed by atoms with Crippen LogP contribution in [0.15, 0.2) is 35.3 Å². The van der Waals surface area contributed by atoms with E-state index in [2.05, 4.69) is 11.9 Å². The Kier molecular flexibility index (Phi) is 5.48. The molecule has 1 aromatic heterocycles. The number of halogens is 2. The highest BCUT2D eigenvalue weighted by molar-refractivity contribution is 7.16. The van der Waals surface area contributed by atoms with Gasteiger partial charge in [0.15, 0.2) is 22.9 Å². The summed E-state index contributed by atoms with van der Waals surface area (Å²) in [6.45, 7) is 2.81. The minimum Gasteiger partial charge on any atom is -0.482 e. The first-order valence-electron chi connectivity index (χ1n) is 8.63. The maximum absolute atomic E-state index is 12.4. The molecule has 9 heteroatoms. The summed E-state index contributed by atoms with van der Waals surface area (Å²) in [5.41, 5.74) is 0.962. The number of fused-ring (bicyclic) bond motifs is 2. The van der Waals surface area contributed by atoms with Crippen molar-refractivity contribution in [2.45, 2.75) is 19.9 Å². The zero-order chi connectivity index (χ0) is 19.7. The first kappa shape index (κ1) is 19.1. The molecule has 0 bridgehead atoms. The normalized spacial score (nSPS) is 13.3. The maximum atomic E-state index is 12.4. The lowest BCUT2D eigenvalue weighted by Crippen LogP contribution is -2.19. The summed E-state index contributed by atoms with van der Waals surface area (Å²) in [4.78, 5) is 17.2.